The number of hydrogen-bond donors (Lipinski definition) is 1. The maximum absolute atomic E-state index is 11.3. The molecule has 0 unspecified atom stereocenters. The Morgan fingerprint density at radius 2 is 2.42 bits per heavy atom. The molecule has 64 valence electrons. The first-order valence-electron chi connectivity index (χ1n) is 4.00. The lowest BCUT2D eigenvalue weighted by molar-refractivity contribution is 0.801. The fourth-order valence-corrected chi connectivity index (χ4v) is 2.52. The number of nitrogens with zero attached hydrogens (tertiary/aromatic N) is 1. The van der Waals surface area contributed by atoms with E-state index in [1.54, 1.807) is 11.8 Å². The van der Waals surface area contributed by atoms with Crippen molar-refractivity contribution in [2.75, 3.05) is 5.75 Å². The quantitative estimate of drug-likeness (QED) is 0.654. The summed E-state index contributed by atoms with van der Waals surface area (Å²) in [5.41, 5.74) is 2.09. The van der Waals surface area contributed by atoms with Gasteiger partial charge in [-0.2, -0.15) is 5.10 Å². The summed E-state index contributed by atoms with van der Waals surface area (Å²) in [6.45, 7) is 1.95. The van der Waals surface area contributed by atoms with Gasteiger partial charge in [-0.15, -0.1) is 11.8 Å². The van der Waals surface area contributed by atoms with Crippen LogP contribution in [0.15, 0.2) is 9.69 Å². The molecule has 0 atom stereocenters. The third-order valence-corrected chi connectivity index (χ3v) is 3.27. The molecule has 0 spiro atoms. The second-order valence-corrected chi connectivity index (χ2v) is 4.00. The summed E-state index contributed by atoms with van der Waals surface area (Å²) in [6.07, 6.45) is 2.16. The standard InChI is InChI=1S/C8H10N2OS/c1-5-6-3-2-4-12-7(6)8(11)10-9-5/h2-4H2,1H3,(H,10,11). The molecule has 0 bridgehead atoms. The highest BCUT2D eigenvalue weighted by atomic mass is 32.2. The van der Waals surface area contributed by atoms with Crippen molar-refractivity contribution in [2.45, 2.75) is 24.7 Å². The highest BCUT2D eigenvalue weighted by Gasteiger charge is 2.15. The van der Waals surface area contributed by atoms with Crippen LogP contribution in [0.1, 0.15) is 17.7 Å². The Hall–Kier alpha value is -0.770. The van der Waals surface area contributed by atoms with Crippen LogP contribution >= 0.6 is 11.8 Å². The van der Waals surface area contributed by atoms with Gasteiger partial charge in [0.25, 0.3) is 5.56 Å². The zero-order chi connectivity index (χ0) is 8.55. The van der Waals surface area contributed by atoms with E-state index in [2.05, 4.69) is 10.2 Å². The van der Waals surface area contributed by atoms with Crippen LogP contribution in [-0.2, 0) is 6.42 Å². The van der Waals surface area contributed by atoms with E-state index in [1.165, 1.54) is 0 Å². The first-order chi connectivity index (χ1) is 5.79. The number of rotatable bonds is 0. The second-order valence-electron chi connectivity index (χ2n) is 2.90. The number of fused-ring (bicyclic) bond motifs is 1. The lowest BCUT2D eigenvalue weighted by Gasteiger charge is -2.14. The number of H-pyrrole nitrogens is 1. The van der Waals surface area contributed by atoms with E-state index in [4.69, 9.17) is 0 Å². The highest BCUT2D eigenvalue weighted by molar-refractivity contribution is 7.99. The molecule has 0 aliphatic carbocycles. The number of nitrogens with one attached hydrogen (secondary N) is 1. The van der Waals surface area contributed by atoms with Crippen LogP contribution in [0.4, 0.5) is 0 Å². The molecule has 0 radical (unpaired) electrons. The van der Waals surface area contributed by atoms with Crippen molar-refractivity contribution in [3.8, 4) is 0 Å². The lowest BCUT2D eigenvalue weighted by atomic mass is 10.1. The fourth-order valence-electron chi connectivity index (χ4n) is 1.42. The highest BCUT2D eigenvalue weighted by Crippen LogP contribution is 2.27. The van der Waals surface area contributed by atoms with Crippen molar-refractivity contribution in [2.24, 2.45) is 0 Å². The van der Waals surface area contributed by atoms with Gasteiger partial charge in [0.1, 0.15) is 0 Å². The summed E-state index contributed by atoms with van der Waals surface area (Å²) in [7, 11) is 0. The van der Waals surface area contributed by atoms with Crippen LogP contribution in [0.5, 0.6) is 0 Å². The van der Waals surface area contributed by atoms with Gasteiger partial charge in [-0.1, -0.05) is 0 Å². The minimum atomic E-state index is -0.0275. The summed E-state index contributed by atoms with van der Waals surface area (Å²) in [4.78, 5) is 12.2. The molecule has 1 aliphatic heterocycles. The molecule has 3 nitrogen and oxygen atoms in total. The third-order valence-electron chi connectivity index (χ3n) is 2.06. The number of hydrogen-bond acceptors (Lipinski definition) is 3. The number of thioether (sulfide) groups is 1. The Labute approximate surface area is 74.6 Å². The maximum Gasteiger partial charge on any atom is 0.278 e. The zero-order valence-electron chi connectivity index (χ0n) is 6.89. The fraction of sp³-hybridized carbons (Fsp3) is 0.500. The summed E-state index contributed by atoms with van der Waals surface area (Å²) >= 11 is 1.65. The molecule has 0 saturated heterocycles. The average Bonchev–Trinajstić information content (AvgIpc) is 2.12. The molecule has 2 rings (SSSR count). The van der Waals surface area contributed by atoms with E-state index in [0.717, 1.165) is 34.7 Å². The number of aromatic amines is 1. The van der Waals surface area contributed by atoms with Crippen molar-refractivity contribution in [1.82, 2.24) is 10.2 Å². The molecule has 1 aromatic rings. The van der Waals surface area contributed by atoms with E-state index in [0.29, 0.717) is 0 Å². The van der Waals surface area contributed by atoms with Gasteiger partial charge in [0.15, 0.2) is 0 Å². The predicted molar refractivity (Wildman–Crippen MR) is 48.6 cm³/mol. The molecule has 0 amide bonds. The average molecular weight is 182 g/mol. The van der Waals surface area contributed by atoms with Crippen LogP contribution in [0, 0.1) is 6.92 Å². The molecule has 1 aromatic heterocycles. The molecule has 0 saturated carbocycles. The van der Waals surface area contributed by atoms with Crippen LogP contribution in [0.3, 0.4) is 0 Å². The lowest BCUT2D eigenvalue weighted by Crippen LogP contribution is -2.18. The Morgan fingerprint density at radius 3 is 3.17 bits per heavy atom. The SMILES string of the molecule is Cc1n[nH]c(=O)c2c1CCCS2. The molecule has 1 N–H and O–H groups in total. The smallest absolute Gasteiger partial charge is 0.267 e. The van der Waals surface area contributed by atoms with E-state index >= 15 is 0 Å². The van der Waals surface area contributed by atoms with Crippen molar-refractivity contribution in [3.05, 3.63) is 21.6 Å². The normalized spacial score (nSPS) is 15.8. The van der Waals surface area contributed by atoms with E-state index in [9.17, 15) is 4.79 Å². The molecule has 1 aliphatic rings. The van der Waals surface area contributed by atoms with E-state index in [1.807, 2.05) is 6.92 Å². The Balaban J connectivity index is 2.64. The summed E-state index contributed by atoms with van der Waals surface area (Å²) in [5.74, 6) is 1.06. The van der Waals surface area contributed by atoms with Crippen molar-refractivity contribution in [3.63, 3.8) is 0 Å². The molecular formula is C8H10N2OS. The molecule has 4 heteroatoms. The first kappa shape index (κ1) is 7.86. The summed E-state index contributed by atoms with van der Waals surface area (Å²) in [5, 5.41) is 6.44. The molecule has 0 aromatic carbocycles. The van der Waals surface area contributed by atoms with E-state index < -0.39 is 0 Å². The minimum absolute atomic E-state index is 0.0275. The van der Waals surface area contributed by atoms with Gasteiger partial charge in [0, 0.05) is 0 Å². The van der Waals surface area contributed by atoms with Gasteiger partial charge < -0.3 is 0 Å². The van der Waals surface area contributed by atoms with Gasteiger partial charge in [0.05, 0.1) is 10.6 Å². The summed E-state index contributed by atoms with van der Waals surface area (Å²) < 4.78 is 0. The van der Waals surface area contributed by atoms with Crippen LogP contribution in [0.2, 0.25) is 0 Å². The Morgan fingerprint density at radius 1 is 1.58 bits per heavy atom. The number of aryl methyl sites for hydroxylation is 1. The van der Waals surface area contributed by atoms with Crippen LogP contribution < -0.4 is 5.56 Å². The summed E-state index contributed by atoms with van der Waals surface area (Å²) in [6, 6.07) is 0. The van der Waals surface area contributed by atoms with E-state index in [-0.39, 0.29) is 5.56 Å². The first-order valence-corrected chi connectivity index (χ1v) is 4.98. The van der Waals surface area contributed by atoms with Crippen molar-refractivity contribution < 1.29 is 0 Å². The van der Waals surface area contributed by atoms with Gasteiger partial charge >= 0.3 is 0 Å². The third kappa shape index (κ3) is 1.16. The molecule has 12 heavy (non-hydrogen) atoms. The predicted octanol–water partition coefficient (Wildman–Crippen LogP) is 1.12. The van der Waals surface area contributed by atoms with Crippen molar-refractivity contribution in [1.29, 1.82) is 0 Å². The van der Waals surface area contributed by atoms with Gasteiger partial charge in [-0.3, -0.25) is 4.79 Å². The minimum Gasteiger partial charge on any atom is -0.267 e. The molecule has 2 heterocycles. The topological polar surface area (TPSA) is 45.8 Å². The molecule has 0 fully saturated rings. The largest absolute Gasteiger partial charge is 0.278 e. The second kappa shape index (κ2) is 2.94. The molecular weight excluding hydrogens is 172 g/mol. The van der Waals surface area contributed by atoms with Crippen LogP contribution in [0.25, 0.3) is 0 Å². The number of aromatic nitrogens is 2. The zero-order valence-corrected chi connectivity index (χ0v) is 7.70. The van der Waals surface area contributed by atoms with Gasteiger partial charge in [-0.05, 0) is 31.1 Å². The van der Waals surface area contributed by atoms with Crippen molar-refractivity contribution >= 4 is 11.8 Å². The van der Waals surface area contributed by atoms with Crippen LogP contribution in [-0.4, -0.2) is 16.0 Å². The Bertz CT molecular complexity index is 359. The van der Waals surface area contributed by atoms with Gasteiger partial charge in [0.2, 0.25) is 0 Å². The monoisotopic (exact) mass is 182 g/mol. The Kier molecular flexibility index (Phi) is 1.92. The van der Waals surface area contributed by atoms with Gasteiger partial charge in [-0.25, -0.2) is 5.10 Å². The maximum atomic E-state index is 11.3.